The number of carbonyl (C=O) groups is 5. The number of hydrogen-bond donors (Lipinski definition) is 5. The van der Waals surface area contributed by atoms with Crippen LogP contribution in [0.5, 0.6) is 5.75 Å². The van der Waals surface area contributed by atoms with Crippen molar-refractivity contribution in [2.45, 2.75) is 76.5 Å². The van der Waals surface area contributed by atoms with E-state index in [1.807, 2.05) is 37.3 Å². The minimum atomic E-state index is -1.07. The van der Waals surface area contributed by atoms with Crippen LogP contribution >= 0.6 is 0 Å². The summed E-state index contributed by atoms with van der Waals surface area (Å²) in [6.07, 6.45) is 1.66. The van der Waals surface area contributed by atoms with Crippen molar-refractivity contribution in [3.8, 4) is 5.75 Å². The van der Waals surface area contributed by atoms with E-state index in [9.17, 15) is 24.0 Å². The predicted molar refractivity (Wildman–Crippen MR) is 170 cm³/mol. The lowest BCUT2D eigenvalue weighted by Gasteiger charge is -2.25. The van der Waals surface area contributed by atoms with E-state index in [-0.39, 0.29) is 37.5 Å². The van der Waals surface area contributed by atoms with Gasteiger partial charge in [0.1, 0.15) is 47.3 Å². The van der Waals surface area contributed by atoms with Crippen molar-refractivity contribution in [1.29, 1.82) is 0 Å². The minimum Gasteiger partial charge on any atom is -0.492 e. The van der Waals surface area contributed by atoms with Crippen molar-refractivity contribution in [3.05, 3.63) is 82.7 Å². The van der Waals surface area contributed by atoms with Gasteiger partial charge < -0.3 is 35.8 Å². The van der Waals surface area contributed by atoms with E-state index >= 15 is 0 Å². The SMILES string of the molecule is CCc1noc(C)c1C(=O)N[C@H]1Cc2ccc(cc2)OCCNC(=O)C2(CC2)NC(=O)[C@@H](Cc2ccccc2)NC(=O)[C@H](C)NC1=O. The quantitative estimate of drug-likeness (QED) is 0.258. The summed E-state index contributed by atoms with van der Waals surface area (Å²) in [6, 6.07) is 13.0. The molecule has 5 N–H and O–H groups in total. The Hall–Kier alpha value is -5.20. The van der Waals surface area contributed by atoms with Crippen LogP contribution in [0.15, 0.2) is 59.1 Å². The molecule has 0 unspecified atom stereocenters. The third-order valence-electron chi connectivity index (χ3n) is 8.35. The monoisotopic (exact) mass is 644 g/mol. The molecule has 0 radical (unpaired) electrons. The molecule has 6 rings (SSSR count). The van der Waals surface area contributed by atoms with Gasteiger partial charge in [-0.3, -0.25) is 24.0 Å². The number of nitrogens with one attached hydrogen (secondary N) is 5. The van der Waals surface area contributed by atoms with Crippen LogP contribution in [0.25, 0.3) is 0 Å². The van der Waals surface area contributed by atoms with Crippen LogP contribution in [0.3, 0.4) is 0 Å². The van der Waals surface area contributed by atoms with Crippen LogP contribution in [-0.2, 0) is 38.4 Å². The van der Waals surface area contributed by atoms with Gasteiger partial charge >= 0.3 is 0 Å². The van der Waals surface area contributed by atoms with Gasteiger partial charge in [0.05, 0.1) is 12.2 Å². The lowest BCUT2D eigenvalue weighted by atomic mass is 10.0. The van der Waals surface area contributed by atoms with E-state index in [1.165, 1.54) is 6.92 Å². The summed E-state index contributed by atoms with van der Waals surface area (Å²) in [5.41, 5.74) is 1.19. The fraction of sp³-hybridized carbons (Fsp3) is 0.412. The van der Waals surface area contributed by atoms with Crippen LogP contribution in [0, 0.1) is 6.92 Å². The van der Waals surface area contributed by atoms with Gasteiger partial charge in [-0.05, 0) is 56.4 Å². The van der Waals surface area contributed by atoms with Crippen LogP contribution in [0.2, 0.25) is 0 Å². The minimum absolute atomic E-state index is 0.106. The van der Waals surface area contributed by atoms with Crippen molar-refractivity contribution in [2.24, 2.45) is 0 Å². The van der Waals surface area contributed by atoms with Crippen molar-refractivity contribution < 1.29 is 33.2 Å². The summed E-state index contributed by atoms with van der Waals surface area (Å²) in [7, 11) is 0. The first-order valence-electron chi connectivity index (χ1n) is 15.8. The van der Waals surface area contributed by atoms with E-state index < -0.39 is 47.3 Å². The van der Waals surface area contributed by atoms with Crippen LogP contribution in [0.1, 0.15) is 59.6 Å². The summed E-state index contributed by atoms with van der Waals surface area (Å²) in [4.78, 5) is 67.1. The highest BCUT2D eigenvalue weighted by Gasteiger charge is 2.51. The molecule has 1 aliphatic carbocycles. The molecule has 1 fully saturated rings. The topological polar surface area (TPSA) is 181 Å². The summed E-state index contributed by atoms with van der Waals surface area (Å²) in [6.45, 7) is 5.37. The van der Waals surface area contributed by atoms with Gasteiger partial charge in [-0.1, -0.05) is 54.5 Å². The van der Waals surface area contributed by atoms with Gasteiger partial charge in [0.15, 0.2) is 0 Å². The molecule has 13 nitrogen and oxygen atoms in total. The second-order valence-corrected chi connectivity index (χ2v) is 11.9. The Balaban J connectivity index is 1.40. The van der Waals surface area contributed by atoms with Gasteiger partial charge in [-0.25, -0.2) is 0 Å². The Bertz CT molecular complexity index is 1620. The molecule has 1 spiro atoms. The number of fused-ring (bicyclic) bond motifs is 15. The normalized spacial score (nSPS) is 21.9. The number of hydrogen-bond acceptors (Lipinski definition) is 8. The number of aromatic nitrogens is 1. The second kappa shape index (κ2) is 14.5. The first-order chi connectivity index (χ1) is 22.6. The molecule has 2 aliphatic heterocycles. The van der Waals surface area contributed by atoms with Crippen molar-refractivity contribution in [3.63, 3.8) is 0 Å². The van der Waals surface area contributed by atoms with Crippen molar-refractivity contribution in [2.75, 3.05) is 13.2 Å². The third kappa shape index (κ3) is 8.15. The Morgan fingerprint density at radius 3 is 2.38 bits per heavy atom. The average molecular weight is 645 g/mol. The standard InChI is InChI=1S/C34H40N6O7/c1-4-25-28(21(3)47-40-25)32(44)38-26-19-23-10-12-24(13-11-23)46-17-16-35-33(45)34(14-15-34)39-31(43)27(18-22-8-6-5-7-9-22)37-29(41)20(2)36-30(26)42/h5-13,20,26-27H,4,14-19H2,1-3H3,(H,35,45)(H,36,42)(H,37,41)(H,38,44)(H,39,43)/t20-,26-,27+/m0/s1. The van der Waals surface area contributed by atoms with E-state index in [4.69, 9.17) is 9.26 Å². The first kappa shape index (κ1) is 33.2. The average Bonchev–Trinajstić information content (AvgIpc) is 3.75. The number of nitrogens with zero attached hydrogens (tertiary/aromatic N) is 1. The highest BCUT2D eigenvalue weighted by Crippen LogP contribution is 2.35. The van der Waals surface area contributed by atoms with Gasteiger partial charge in [0.25, 0.3) is 5.91 Å². The fourth-order valence-corrected chi connectivity index (χ4v) is 5.44. The molecule has 47 heavy (non-hydrogen) atoms. The smallest absolute Gasteiger partial charge is 0.257 e. The number of ether oxygens (including phenoxy) is 1. The molecule has 1 aromatic heterocycles. The zero-order chi connectivity index (χ0) is 33.6. The van der Waals surface area contributed by atoms with Crippen molar-refractivity contribution >= 4 is 29.5 Å². The van der Waals surface area contributed by atoms with Crippen LogP contribution in [-0.4, -0.2) is 71.5 Å². The molecule has 13 heteroatoms. The second-order valence-electron chi connectivity index (χ2n) is 11.9. The van der Waals surface area contributed by atoms with E-state index in [0.717, 1.165) is 11.1 Å². The zero-order valence-corrected chi connectivity index (χ0v) is 26.7. The molecule has 248 valence electrons. The molecule has 2 aromatic carbocycles. The largest absolute Gasteiger partial charge is 0.492 e. The first-order valence-corrected chi connectivity index (χ1v) is 15.8. The maximum absolute atomic E-state index is 13.7. The molecule has 1 saturated carbocycles. The number of rotatable bonds is 5. The van der Waals surface area contributed by atoms with Gasteiger partial charge in [0, 0.05) is 12.8 Å². The third-order valence-corrected chi connectivity index (χ3v) is 8.35. The van der Waals surface area contributed by atoms with Crippen molar-refractivity contribution in [1.82, 2.24) is 31.7 Å². The van der Waals surface area contributed by atoms with Gasteiger partial charge in [-0.2, -0.15) is 0 Å². The highest BCUT2D eigenvalue weighted by atomic mass is 16.5. The molecule has 0 saturated heterocycles. The summed E-state index contributed by atoms with van der Waals surface area (Å²) < 4.78 is 11.0. The van der Waals surface area contributed by atoms with E-state index in [0.29, 0.717) is 36.5 Å². The molecule has 5 amide bonds. The number of aryl methyl sites for hydroxylation is 2. The molecular weight excluding hydrogens is 604 g/mol. The Morgan fingerprint density at radius 1 is 0.979 bits per heavy atom. The number of carbonyl (C=O) groups excluding carboxylic acids is 5. The molecule has 3 heterocycles. The Kier molecular flexibility index (Phi) is 10.2. The summed E-state index contributed by atoms with van der Waals surface area (Å²) in [5.74, 6) is -1.67. The zero-order valence-electron chi connectivity index (χ0n) is 26.7. The lowest BCUT2D eigenvalue weighted by Crippen LogP contribution is -2.59. The van der Waals surface area contributed by atoms with Crippen LogP contribution < -0.4 is 31.3 Å². The molecular formula is C34H40N6O7. The van der Waals surface area contributed by atoms with Crippen LogP contribution in [0.4, 0.5) is 0 Å². The maximum Gasteiger partial charge on any atom is 0.257 e. The molecule has 3 atom stereocenters. The summed E-state index contributed by atoms with van der Waals surface area (Å²) >= 11 is 0. The summed E-state index contributed by atoms with van der Waals surface area (Å²) in [5, 5.41) is 17.9. The Labute approximate surface area is 272 Å². The van der Waals surface area contributed by atoms with Gasteiger partial charge in [0.2, 0.25) is 23.6 Å². The highest BCUT2D eigenvalue weighted by molar-refractivity contribution is 6.00. The maximum atomic E-state index is 13.7. The lowest BCUT2D eigenvalue weighted by molar-refractivity contribution is -0.134. The molecule has 3 aliphatic rings. The molecule has 2 bridgehead atoms. The number of amides is 5. The number of benzene rings is 2. The van der Waals surface area contributed by atoms with E-state index in [1.54, 1.807) is 31.2 Å². The van der Waals surface area contributed by atoms with Gasteiger partial charge in [-0.15, -0.1) is 0 Å². The molecule has 3 aromatic rings. The predicted octanol–water partition coefficient (Wildman–Crippen LogP) is 1.28. The Morgan fingerprint density at radius 2 is 1.70 bits per heavy atom. The van der Waals surface area contributed by atoms with E-state index in [2.05, 4.69) is 31.7 Å². The fourth-order valence-electron chi connectivity index (χ4n) is 5.44.